The molecule has 2 aromatic rings. The predicted molar refractivity (Wildman–Crippen MR) is 96.4 cm³/mol. The molecule has 0 bridgehead atoms. The van der Waals surface area contributed by atoms with Crippen LogP contribution in [-0.2, 0) is 13.6 Å². The van der Waals surface area contributed by atoms with Gasteiger partial charge in [-0.05, 0) is 6.07 Å². The molecule has 22 heavy (non-hydrogen) atoms. The molecule has 0 saturated carbocycles. The van der Waals surface area contributed by atoms with Crippen molar-refractivity contribution >= 4 is 29.9 Å². The van der Waals surface area contributed by atoms with Crippen molar-refractivity contribution in [3.8, 4) is 5.75 Å². The lowest BCUT2D eigenvalue weighted by atomic mass is 10.0. The summed E-state index contributed by atoms with van der Waals surface area (Å²) in [7, 11) is 1.94. The number of rotatable bonds is 3. The lowest BCUT2D eigenvalue weighted by Crippen LogP contribution is -2.37. The third kappa shape index (κ3) is 3.70. The number of para-hydroxylation sites is 1. The first-order valence-corrected chi connectivity index (χ1v) is 6.98. The number of aliphatic imine (C=N–C) groups is 1. The molecule has 0 amide bonds. The highest BCUT2D eigenvalue weighted by molar-refractivity contribution is 14.0. The zero-order valence-corrected chi connectivity index (χ0v) is 14.7. The summed E-state index contributed by atoms with van der Waals surface area (Å²) in [6.45, 7) is 1.15. The van der Waals surface area contributed by atoms with Crippen LogP contribution in [-0.4, -0.2) is 22.1 Å². The summed E-state index contributed by atoms with van der Waals surface area (Å²) in [5, 5.41) is 3.27. The molecular formula is C15H20IN5O. The molecule has 0 fully saturated rings. The number of aromatic nitrogens is 2. The van der Waals surface area contributed by atoms with Gasteiger partial charge in [0.1, 0.15) is 18.1 Å². The van der Waals surface area contributed by atoms with Gasteiger partial charge in [-0.15, -0.1) is 24.0 Å². The minimum atomic E-state index is 0. The predicted octanol–water partition coefficient (Wildman–Crippen LogP) is 1.97. The van der Waals surface area contributed by atoms with Crippen LogP contribution >= 0.6 is 24.0 Å². The average molecular weight is 413 g/mol. The zero-order chi connectivity index (χ0) is 14.7. The van der Waals surface area contributed by atoms with E-state index < -0.39 is 0 Å². The Morgan fingerprint density at radius 1 is 1.50 bits per heavy atom. The summed E-state index contributed by atoms with van der Waals surface area (Å²) in [6, 6.07) is 8.14. The Labute approximate surface area is 146 Å². The van der Waals surface area contributed by atoms with E-state index in [0.29, 0.717) is 19.1 Å². The number of aryl methyl sites for hydroxylation is 1. The SMILES string of the molecule is Cn1ccnc1CN=C(N)NC1CCOc2ccccc21.I. The number of fused-ring (bicyclic) bond motifs is 1. The highest BCUT2D eigenvalue weighted by atomic mass is 127. The normalized spacial score (nSPS) is 17.1. The van der Waals surface area contributed by atoms with Gasteiger partial charge in [0, 0.05) is 31.4 Å². The van der Waals surface area contributed by atoms with E-state index in [1.165, 1.54) is 0 Å². The van der Waals surface area contributed by atoms with Crippen LogP contribution in [0.5, 0.6) is 5.75 Å². The van der Waals surface area contributed by atoms with Gasteiger partial charge in [0.2, 0.25) is 0 Å². The van der Waals surface area contributed by atoms with E-state index in [1.807, 2.05) is 36.0 Å². The second-order valence-electron chi connectivity index (χ2n) is 5.03. The maximum Gasteiger partial charge on any atom is 0.189 e. The number of nitrogens with two attached hydrogens (primary N) is 1. The van der Waals surface area contributed by atoms with Crippen LogP contribution in [0.4, 0.5) is 0 Å². The monoisotopic (exact) mass is 413 g/mol. The van der Waals surface area contributed by atoms with Crippen molar-refractivity contribution in [3.63, 3.8) is 0 Å². The van der Waals surface area contributed by atoms with E-state index in [9.17, 15) is 0 Å². The van der Waals surface area contributed by atoms with Crippen molar-refractivity contribution in [2.75, 3.05) is 6.61 Å². The Kier molecular flexibility index (Phi) is 5.64. The fraction of sp³-hybridized carbons (Fsp3) is 0.333. The van der Waals surface area contributed by atoms with E-state index in [2.05, 4.69) is 21.4 Å². The molecule has 0 radical (unpaired) electrons. The second kappa shape index (κ2) is 7.48. The Morgan fingerprint density at radius 2 is 2.32 bits per heavy atom. The van der Waals surface area contributed by atoms with Gasteiger partial charge in [-0.3, -0.25) is 0 Å². The molecule has 2 heterocycles. The topological polar surface area (TPSA) is 77.5 Å². The van der Waals surface area contributed by atoms with Crippen LogP contribution in [0, 0.1) is 0 Å². The van der Waals surface area contributed by atoms with E-state index in [-0.39, 0.29) is 30.0 Å². The average Bonchev–Trinajstić information content (AvgIpc) is 2.91. The van der Waals surface area contributed by atoms with Crippen LogP contribution in [0.1, 0.15) is 23.9 Å². The van der Waals surface area contributed by atoms with Gasteiger partial charge in [-0.25, -0.2) is 9.98 Å². The molecule has 0 spiro atoms. The Morgan fingerprint density at radius 3 is 3.09 bits per heavy atom. The molecule has 118 valence electrons. The van der Waals surface area contributed by atoms with Gasteiger partial charge in [0.15, 0.2) is 5.96 Å². The summed E-state index contributed by atoms with van der Waals surface area (Å²) in [6.07, 6.45) is 4.52. The number of guanidine groups is 1. The van der Waals surface area contributed by atoms with E-state index in [0.717, 1.165) is 23.6 Å². The summed E-state index contributed by atoms with van der Waals surface area (Å²) in [5.41, 5.74) is 7.11. The lowest BCUT2D eigenvalue weighted by Gasteiger charge is -2.26. The number of hydrogen-bond acceptors (Lipinski definition) is 3. The number of ether oxygens (including phenoxy) is 1. The molecule has 3 rings (SSSR count). The van der Waals surface area contributed by atoms with Crippen molar-refractivity contribution in [2.45, 2.75) is 19.0 Å². The molecule has 0 aliphatic carbocycles. The van der Waals surface area contributed by atoms with Crippen LogP contribution in [0.2, 0.25) is 0 Å². The van der Waals surface area contributed by atoms with Gasteiger partial charge in [0.25, 0.3) is 0 Å². The molecule has 1 unspecified atom stereocenters. The fourth-order valence-corrected chi connectivity index (χ4v) is 2.42. The van der Waals surface area contributed by atoms with Crippen molar-refractivity contribution in [1.82, 2.24) is 14.9 Å². The smallest absolute Gasteiger partial charge is 0.189 e. The molecule has 7 heteroatoms. The quantitative estimate of drug-likeness (QED) is 0.458. The third-order valence-corrected chi connectivity index (χ3v) is 3.59. The molecule has 6 nitrogen and oxygen atoms in total. The van der Waals surface area contributed by atoms with Gasteiger partial charge in [0.05, 0.1) is 12.6 Å². The van der Waals surface area contributed by atoms with Crippen LogP contribution in [0.15, 0.2) is 41.7 Å². The molecule has 1 atom stereocenters. The molecule has 1 aromatic carbocycles. The maximum atomic E-state index is 5.99. The Bertz CT molecular complexity index is 655. The minimum Gasteiger partial charge on any atom is -0.493 e. The highest BCUT2D eigenvalue weighted by Crippen LogP contribution is 2.31. The number of nitrogens with zero attached hydrogens (tertiary/aromatic N) is 3. The maximum absolute atomic E-state index is 5.99. The van der Waals surface area contributed by atoms with Crippen molar-refractivity contribution in [1.29, 1.82) is 0 Å². The van der Waals surface area contributed by atoms with Crippen LogP contribution in [0.25, 0.3) is 0 Å². The van der Waals surface area contributed by atoms with Gasteiger partial charge < -0.3 is 20.4 Å². The van der Waals surface area contributed by atoms with Gasteiger partial charge in [-0.2, -0.15) is 0 Å². The van der Waals surface area contributed by atoms with E-state index in [4.69, 9.17) is 10.5 Å². The molecule has 3 N–H and O–H groups in total. The first-order valence-electron chi connectivity index (χ1n) is 6.98. The second-order valence-corrected chi connectivity index (χ2v) is 5.03. The summed E-state index contributed by atoms with van der Waals surface area (Å²) < 4.78 is 7.57. The number of hydrogen-bond donors (Lipinski definition) is 2. The standard InChI is InChI=1S/C15H19N5O.HI/c1-20-8-7-17-14(20)10-18-15(16)19-12-6-9-21-13-5-3-2-4-11(12)13;/h2-5,7-8,12H,6,9-10H2,1H3,(H3,16,18,19);1H. The molecule has 0 saturated heterocycles. The van der Waals surface area contributed by atoms with E-state index >= 15 is 0 Å². The van der Waals surface area contributed by atoms with Crippen LogP contribution in [0.3, 0.4) is 0 Å². The Balaban J connectivity index is 0.00000176. The summed E-state index contributed by atoms with van der Waals surface area (Å²) in [4.78, 5) is 8.58. The van der Waals surface area contributed by atoms with Crippen molar-refractivity contribution < 1.29 is 4.74 Å². The molecular weight excluding hydrogens is 393 g/mol. The first kappa shape index (κ1) is 16.6. The highest BCUT2D eigenvalue weighted by Gasteiger charge is 2.21. The van der Waals surface area contributed by atoms with Crippen molar-refractivity contribution in [2.24, 2.45) is 17.8 Å². The zero-order valence-electron chi connectivity index (χ0n) is 12.4. The fourth-order valence-electron chi connectivity index (χ4n) is 2.42. The largest absolute Gasteiger partial charge is 0.493 e. The van der Waals surface area contributed by atoms with Gasteiger partial charge in [-0.1, -0.05) is 18.2 Å². The van der Waals surface area contributed by atoms with Crippen molar-refractivity contribution in [3.05, 3.63) is 48.0 Å². The lowest BCUT2D eigenvalue weighted by molar-refractivity contribution is 0.262. The number of halogens is 1. The number of nitrogens with one attached hydrogen (secondary N) is 1. The molecule has 1 aliphatic rings. The summed E-state index contributed by atoms with van der Waals surface area (Å²) in [5.74, 6) is 2.23. The first-order chi connectivity index (χ1) is 10.2. The Hall–Kier alpha value is -1.77. The van der Waals surface area contributed by atoms with Gasteiger partial charge >= 0.3 is 0 Å². The van der Waals surface area contributed by atoms with Crippen LogP contribution < -0.4 is 15.8 Å². The molecule has 1 aromatic heterocycles. The van der Waals surface area contributed by atoms with E-state index in [1.54, 1.807) is 6.20 Å². The molecule has 1 aliphatic heterocycles. The number of imidazole rings is 1. The number of benzene rings is 1. The summed E-state index contributed by atoms with van der Waals surface area (Å²) >= 11 is 0. The third-order valence-electron chi connectivity index (χ3n) is 3.59. The minimum absolute atomic E-state index is 0.